The summed E-state index contributed by atoms with van der Waals surface area (Å²) in [6.45, 7) is 0. The number of benzene rings is 1. The average Bonchev–Trinajstić information content (AvgIpc) is 3.27. The van der Waals surface area contributed by atoms with Gasteiger partial charge in [0.15, 0.2) is 5.78 Å². The fraction of sp³-hybridized carbons (Fsp3) is 0.391. The van der Waals surface area contributed by atoms with Crippen molar-refractivity contribution in [3.8, 4) is 11.3 Å². The Morgan fingerprint density at radius 1 is 0.971 bits per heavy atom. The quantitative estimate of drug-likeness (QED) is 0.297. The Hall–Kier alpha value is -4.02. The zero-order valence-electron chi connectivity index (χ0n) is 18.4. The summed E-state index contributed by atoms with van der Waals surface area (Å²) >= 11 is 0. The van der Waals surface area contributed by atoms with Crippen molar-refractivity contribution in [3.05, 3.63) is 42.2 Å². The number of aliphatic carboxylic acids is 2. The van der Waals surface area contributed by atoms with Crippen LogP contribution in [-0.4, -0.2) is 50.9 Å². The molecule has 1 aromatic heterocycles. The van der Waals surface area contributed by atoms with Crippen molar-refractivity contribution in [1.82, 2.24) is 10.5 Å². The maximum absolute atomic E-state index is 12.7. The van der Waals surface area contributed by atoms with E-state index in [1.165, 1.54) is 0 Å². The number of nitrogens with one attached hydrogen (secondary N) is 1. The minimum absolute atomic E-state index is 0.0431. The van der Waals surface area contributed by atoms with E-state index < -0.39 is 47.9 Å². The zero-order chi connectivity index (χ0) is 25.1. The molecule has 2 amide bonds. The van der Waals surface area contributed by atoms with Crippen molar-refractivity contribution < 1.29 is 38.7 Å². The third-order valence-corrected chi connectivity index (χ3v) is 5.15. The third kappa shape index (κ3) is 8.85. The maximum atomic E-state index is 12.7. The molecule has 0 aliphatic carbocycles. The normalized spacial score (nSPS) is 12.5. The fourth-order valence-corrected chi connectivity index (χ4v) is 3.29. The lowest BCUT2D eigenvalue weighted by molar-refractivity contribution is -0.139. The molecule has 1 heterocycles. The highest BCUT2D eigenvalue weighted by molar-refractivity contribution is 5.92. The predicted molar refractivity (Wildman–Crippen MR) is 118 cm³/mol. The zero-order valence-corrected chi connectivity index (χ0v) is 18.4. The summed E-state index contributed by atoms with van der Waals surface area (Å²) in [6, 6.07) is 9.87. The van der Waals surface area contributed by atoms with Gasteiger partial charge in [-0.05, 0) is 12.8 Å². The standard InChI is InChI=1S/C23H27N3O8/c24-23(33)15(6-10-21(29)30)12-19(27)17(8-11-22(31)32)25-20(28)9-7-16-13-18(26-34-16)14-4-2-1-3-5-14/h1-5,13,15,17H,6-12H2,(H2,24,33)(H,25,28)(H,29,30)(H,31,32)/t15-,17+/m1/s1. The second kappa shape index (κ2) is 12.9. The molecule has 0 unspecified atom stereocenters. The van der Waals surface area contributed by atoms with Gasteiger partial charge in [-0.25, -0.2) is 0 Å². The van der Waals surface area contributed by atoms with E-state index in [-0.39, 0.29) is 38.5 Å². The molecule has 0 radical (unpaired) electrons. The van der Waals surface area contributed by atoms with Gasteiger partial charge in [0.1, 0.15) is 11.5 Å². The number of carbonyl (C=O) groups is 5. The SMILES string of the molecule is NC(=O)[C@H](CCC(=O)O)CC(=O)[C@H](CCC(=O)O)NC(=O)CCc1cc(-c2ccccc2)no1. The van der Waals surface area contributed by atoms with Crippen LogP contribution in [0, 0.1) is 5.92 Å². The Labute approximate surface area is 195 Å². The number of primary amides is 1. The second-order valence-electron chi connectivity index (χ2n) is 7.80. The minimum atomic E-state index is -1.15. The molecule has 2 aromatic rings. The first kappa shape index (κ1) is 26.2. The molecule has 0 fully saturated rings. The van der Waals surface area contributed by atoms with Gasteiger partial charge in [0.2, 0.25) is 11.8 Å². The molecular formula is C23H27N3O8. The molecule has 2 rings (SSSR count). The van der Waals surface area contributed by atoms with Crippen molar-refractivity contribution in [2.75, 3.05) is 0 Å². The number of carboxylic acids is 2. The number of hydrogen-bond acceptors (Lipinski definition) is 7. The van der Waals surface area contributed by atoms with Crippen LogP contribution in [-0.2, 0) is 30.4 Å². The fourth-order valence-electron chi connectivity index (χ4n) is 3.29. The van der Waals surface area contributed by atoms with E-state index in [2.05, 4.69) is 10.5 Å². The number of aromatic nitrogens is 1. The molecule has 11 nitrogen and oxygen atoms in total. The van der Waals surface area contributed by atoms with Crippen LogP contribution in [0.25, 0.3) is 11.3 Å². The summed E-state index contributed by atoms with van der Waals surface area (Å²) in [5, 5.41) is 24.2. The Balaban J connectivity index is 1.96. The van der Waals surface area contributed by atoms with Crippen molar-refractivity contribution >= 4 is 29.5 Å². The summed E-state index contributed by atoms with van der Waals surface area (Å²) < 4.78 is 5.25. The molecule has 1 aromatic carbocycles. The number of carboxylic acid groups (broad SMARTS) is 2. The molecule has 2 atom stereocenters. The third-order valence-electron chi connectivity index (χ3n) is 5.15. The van der Waals surface area contributed by atoms with Gasteiger partial charge in [0, 0.05) is 49.7 Å². The topological polar surface area (TPSA) is 190 Å². The predicted octanol–water partition coefficient (Wildman–Crippen LogP) is 1.55. The first-order valence-electron chi connectivity index (χ1n) is 10.7. The van der Waals surface area contributed by atoms with Gasteiger partial charge in [-0.15, -0.1) is 0 Å². The number of hydrogen-bond donors (Lipinski definition) is 4. The Bertz CT molecular complexity index is 1020. The van der Waals surface area contributed by atoms with Gasteiger partial charge in [-0.3, -0.25) is 24.0 Å². The van der Waals surface area contributed by atoms with Gasteiger partial charge in [0.25, 0.3) is 0 Å². The lowest BCUT2D eigenvalue weighted by atomic mass is 9.92. The largest absolute Gasteiger partial charge is 0.481 e. The molecule has 11 heteroatoms. The van der Waals surface area contributed by atoms with Gasteiger partial charge in [0.05, 0.1) is 6.04 Å². The minimum Gasteiger partial charge on any atom is -0.481 e. The van der Waals surface area contributed by atoms with E-state index >= 15 is 0 Å². The summed E-state index contributed by atoms with van der Waals surface area (Å²) in [4.78, 5) is 58.5. The van der Waals surface area contributed by atoms with Crippen LogP contribution < -0.4 is 11.1 Å². The monoisotopic (exact) mass is 473 g/mol. The van der Waals surface area contributed by atoms with Gasteiger partial charge < -0.3 is 25.8 Å². The number of nitrogens with zero attached hydrogens (tertiary/aromatic N) is 1. The van der Waals surface area contributed by atoms with Crippen LogP contribution in [0.5, 0.6) is 0 Å². The van der Waals surface area contributed by atoms with Crippen LogP contribution in [0.15, 0.2) is 40.9 Å². The van der Waals surface area contributed by atoms with Crippen molar-refractivity contribution in [1.29, 1.82) is 0 Å². The van der Waals surface area contributed by atoms with E-state index in [9.17, 15) is 24.0 Å². The summed E-state index contributed by atoms with van der Waals surface area (Å²) in [5.41, 5.74) is 6.74. The number of amides is 2. The first-order valence-corrected chi connectivity index (χ1v) is 10.7. The highest BCUT2D eigenvalue weighted by atomic mass is 16.5. The van der Waals surface area contributed by atoms with Crippen molar-refractivity contribution in [3.63, 3.8) is 0 Å². The van der Waals surface area contributed by atoms with Crippen LogP contribution in [0.3, 0.4) is 0 Å². The smallest absolute Gasteiger partial charge is 0.303 e. The van der Waals surface area contributed by atoms with Crippen molar-refractivity contribution in [2.24, 2.45) is 11.7 Å². The number of nitrogens with two attached hydrogens (primary N) is 1. The molecule has 182 valence electrons. The van der Waals surface area contributed by atoms with Crippen LogP contribution in [0.4, 0.5) is 0 Å². The van der Waals surface area contributed by atoms with Gasteiger partial charge in [-0.2, -0.15) is 0 Å². The maximum Gasteiger partial charge on any atom is 0.303 e. The number of aryl methyl sites for hydroxylation is 1. The lowest BCUT2D eigenvalue weighted by Gasteiger charge is -2.19. The van der Waals surface area contributed by atoms with Crippen molar-refractivity contribution in [2.45, 2.75) is 51.0 Å². The molecule has 34 heavy (non-hydrogen) atoms. The first-order chi connectivity index (χ1) is 16.2. The molecule has 0 bridgehead atoms. The molecule has 0 saturated carbocycles. The summed E-state index contributed by atoms with van der Waals surface area (Å²) in [5.74, 6) is -4.80. The van der Waals surface area contributed by atoms with Crippen LogP contribution in [0.2, 0.25) is 0 Å². The molecule has 0 spiro atoms. The van der Waals surface area contributed by atoms with E-state index in [1.54, 1.807) is 6.07 Å². The van der Waals surface area contributed by atoms with E-state index in [0.29, 0.717) is 11.5 Å². The molecule has 0 aliphatic rings. The van der Waals surface area contributed by atoms with E-state index in [1.807, 2.05) is 30.3 Å². The van der Waals surface area contributed by atoms with E-state index in [4.69, 9.17) is 20.5 Å². The van der Waals surface area contributed by atoms with Crippen LogP contribution >= 0.6 is 0 Å². The number of ketones is 1. The lowest BCUT2D eigenvalue weighted by Crippen LogP contribution is -2.43. The molecule has 0 aliphatic heterocycles. The summed E-state index contributed by atoms with van der Waals surface area (Å²) in [7, 11) is 0. The number of carbonyl (C=O) groups excluding carboxylic acids is 3. The Morgan fingerprint density at radius 2 is 1.62 bits per heavy atom. The highest BCUT2D eigenvalue weighted by Crippen LogP contribution is 2.19. The average molecular weight is 473 g/mol. The van der Waals surface area contributed by atoms with Gasteiger partial charge in [-0.1, -0.05) is 35.5 Å². The van der Waals surface area contributed by atoms with E-state index in [0.717, 1.165) is 5.56 Å². The molecular weight excluding hydrogens is 446 g/mol. The second-order valence-corrected chi connectivity index (χ2v) is 7.80. The highest BCUT2D eigenvalue weighted by Gasteiger charge is 2.27. The van der Waals surface area contributed by atoms with Gasteiger partial charge >= 0.3 is 11.9 Å². The number of Topliss-reactive ketones (excluding diaryl/α,β-unsaturated/α-hetero) is 1. The van der Waals surface area contributed by atoms with Crippen LogP contribution in [0.1, 0.15) is 44.3 Å². The summed E-state index contributed by atoms with van der Waals surface area (Å²) in [6.07, 6.45) is -1.27. The molecule has 5 N–H and O–H groups in total. The Kier molecular flexibility index (Phi) is 9.93. The molecule has 0 saturated heterocycles. The Morgan fingerprint density at radius 3 is 2.24 bits per heavy atom. The number of rotatable bonds is 15.